The number of hydrogen-bond donors (Lipinski definition) is 0. The average molecular weight is 421 g/mol. The number of pyridine rings is 1. The predicted octanol–water partition coefficient (Wildman–Crippen LogP) is 2.73. The molecule has 4 aromatic rings. The average Bonchev–Trinajstić information content (AvgIpc) is 3.10. The molecule has 0 bridgehead atoms. The van der Waals surface area contributed by atoms with Crippen LogP contribution >= 0.6 is 11.6 Å². The van der Waals surface area contributed by atoms with Gasteiger partial charge in [0.15, 0.2) is 11.5 Å². The maximum atomic E-state index is 12.6. The minimum absolute atomic E-state index is 0.173. The molecule has 0 radical (unpaired) electrons. The third-order valence-electron chi connectivity index (χ3n) is 6.05. The Bertz CT molecular complexity index is 1310. The Morgan fingerprint density at radius 1 is 1.13 bits per heavy atom. The molecule has 1 saturated carbocycles. The Kier molecular flexibility index (Phi) is 3.89. The third kappa shape index (κ3) is 2.87. The summed E-state index contributed by atoms with van der Waals surface area (Å²) in [6.07, 6.45) is 3.08. The van der Waals surface area contributed by atoms with E-state index in [4.69, 9.17) is 16.1 Å². The van der Waals surface area contributed by atoms with Gasteiger partial charge in [0, 0.05) is 35.9 Å². The normalized spacial score (nSPS) is 22.4. The van der Waals surface area contributed by atoms with Gasteiger partial charge in [-0.15, -0.1) is 0 Å². The number of nitrogens with zero attached hydrogens (tertiary/aromatic N) is 6. The summed E-state index contributed by atoms with van der Waals surface area (Å²) in [7, 11) is 0. The van der Waals surface area contributed by atoms with Gasteiger partial charge in [0.25, 0.3) is 5.56 Å². The minimum Gasteiger partial charge on any atom is -0.371 e. The number of anilines is 1. The third-order valence-corrected chi connectivity index (χ3v) is 6.29. The van der Waals surface area contributed by atoms with Crippen molar-refractivity contribution in [1.82, 2.24) is 24.7 Å². The Labute approximate surface area is 176 Å². The van der Waals surface area contributed by atoms with Crippen molar-refractivity contribution >= 4 is 28.3 Å². The van der Waals surface area contributed by atoms with E-state index in [9.17, 15) is 4.79 Å². The lowest BCUT2D eigenvalue weighted by Crippen LogP contribution is -2.23. The second-order valence-electron chi connectivity index (χ2n) is 7.84. The first-order chi connectivity index (χ1) is 14.7. The molecule has 0 N–H and O–H groups in total. The van der Waals surface area contributed by atoms with E-state index in [2.05, 4.69) is 31.1 Å². The van der Waals surface area contributed by atoms with E-state index in [1.54, 1.807) is 18.3 Å². The topological polar surface area (TPSA) is 89.9 Å². The summed E-state index contributed by atoms with van der Waals surface area (Å²) >= 11 is 6.12. The molecule has 9 heteroatoms. The molecule has 1 saturated heterocycles. The SMILES string of the molecule is O=c1c2cccnc2ncn1Cc1nc(C2C3CN(c4cccc(Cl)c4)CC32)no1. The van der Waals surface area contributed by atoms with Crippen LogP contribution in [0, 0.1) is 11.8 Å². The second-order valence-corrected chi connectivity index (χ2v) is 8.27. The van der Waals surface area contributed by atoms with Crippen molar-refractivity contribution in [1.29, 1.82) is 0 Å². The maximum Gasteiger partial charge on any atom is 0.263 e. The molecule has 3 aromatic heterocycles. The van der Waals surface area contributed by atoms with E-state index in [1.165, 1.54) is 10.9 Å². The molecule has 1 aliphatic carbocycles. The quantitative estimate of drug-likeness (QED) is 0.501. The van der Waals surface area contributed by atoms with Gasteiger partial charge in [-0.3, -0.25) is 9.36 Å². The lowest BCUT2D eigenvalue weighted by molar-refractivity contribution is 0.363. The Morgan fingerprint density at radius 2 is 2.00 bits per heavy atom. The zero-order chi connectivity index (χ0) is 20.2. The van der Waals surface area contributed by atoms with Gasteiger partial charge in [-0.05, 0) is 42.2 Å². The number of hydrogen-bond acceptors (Lipinski definition) is 7. The van der Waals surface area contributed by atoms with Crippen molar-refractivity contribution in [3.05, 3.63) is 76.0 Å². The number of benzene rings is 1. The predicted molar refractivity (Wildman–Crippen MR) is 111 cm³/mol. The number of rotatable bonds is 4. The maximum absolute atomic E-state index is 12.6. The van der Waals surface area contributed by atoms with Gasteiger partial charge in [-0.25, -0.2) is 9.97 Å². The minimum atomic E-state index is -0.173. The van der Waals surface area contributed by atoms with Crippen molar-refractivity contribution in [3.8, 4) is 0 Å². The largest absolute Gasteiger partial charge is 0.371 e. The smallest absolute Gasteiger partial charge is 0.263 e. The highest BCUT2D eigenvalue weighted by atomic mass is 35.5. The van der Waals surface area contributed by atoms with Crippen LogP contribution in [-0.2, 0) is 6.54 Å². The van der Waals surface area contributed by atoms with Crippen LogP contribution in [0.4, 0.5) is 5.69 Å². The monoisotopic (exact) mass is 420 g/mol. The lowest BCUT2D eigenvalue weighted by Gasteiger charge is -2.21. The molecule has 2 fully saturated rings. The van der Waals surface area contributed by atoms with Crippen LogP contribution in [-0.4, -0.2) is 37.8 Å². The highest BCUT2D eigenvalue weighted by molar-refractivity contribution is 6.30. The summed E-state index contributed by atoms with van der Waals surface area (Å²) < 4.78 is 6.90. The van der Waals surface area contributed by atoms with Crippen LogP contribution in [0.2, 0.25) is 5.02 Å². The molecule has 2 aliphatic rings. The molecule has 1 aliphatic heterocycles. The summed E-state index contributed by atoms with van der Waals surface area (Å²) in [5, 5.41) is 5.41. The second kappa shape index (κ2) is 6.63. The Hall–Kier alpha value is -3.26. The van der Waals surface area contributed by atoms with E-state index in [1.807, 2.05) is 18.2 Å². The first-order valence-corrected chi connectivity index (χ1v) is 10.2. The fourth-order valence-corrected chi connectivity index (χ4v) is 4.70. The fourth-order valence-electron chi connectivity index (χ4n) is 4.52. The molecule has 2 atom stereocenters. The van der Waals surface area contributed by atoms with Crippen LogP contribution in [0.15, 0.2) is 58.2 Å². The van der Waals surface area contributed by atoms with Gasteiger partial charge in [0.1, 0.15) is 12.9 Å². The van der Waals surface area contributed by atoms with Crippen LogP contribution < -0.4 is 10.5 Å². The molecular weight excluding hydrogens is 404 g/mol. The zero-order valence-corrected chi connectivity index (χ0v) is 16.6. The van der Waals surface area contributed by atoms with Gasteiger partial charge in [0.05, 0.1) is 5.39 Å². The summed E-state index contributed by atoms with van der Waals surface area (Å²) in [6.45, 7) is 2.11. The molecular formula is C21H17ClN6O2. The van der Waals surface area contributed by atoms with Gasteiger partial charge >= 0.3 is 0 Å². The molecule has 30 heavy (non-hydrogen) atoms. The van der Waals surface area contributed by atoms with Gasteiger partial charge in [0.2, 0.25) is 5.89 Å². The molecule has 2 unspecified atom stereocenters. The molecule has 0 spiro atoms. The number of fused-ring (bicyclic) bond motifs is 2. The zero-order valence-electron chi connectivity index (χ0n) is 15.8. The van der Waals surface area contributed by atoms with E-state index < -0.39 is 0 Å². The first-order valence-electron chi connectivity index (χ1n) is 9.80. The van der Waals surface area contributed by atoms with Crippen LogP contribution in [0.5, 0.6) is 0 Å². The highest BCUT2D eigenvalue weighted by Gasteiger charge is 2.58. The number of piperidine rings is 1. The fraction of sp³-hybridized carbons (Fsp3) is 0.286. The van der Waals surface area contributed by atoms with Crippen LogP contribution in [0.1, 0.15) is 17.6 Å². The molecule has 4 heterocycles. The standard InChI is InChI=1S/C21H17ClN6O2/c22-12-3-1-4-13(7-12)27-8-15-16(9-27)18(15)20-25-17(30-26-20)10-28-11-24-19-14(21(28)29)5-2-6-23-19/h1-7,11,15-16,18H,8-10H2. The van der Waals surface area contributed by atoms with E-state index in [0.717, 1.165) is 29.6 Å². The van der Waals surface area contributed by atoms with Crippen LogP contribution in [0.3, 0.4) is 0 Å². The highest BCUT2D eigenvalue weighted by Crippen LogP contribution is 2.57. The summed E-state index contributed by atoms with van der Waals surface area (Å²) in [5.74, 6) is 2.49. The summed E-state index contributed by atoms with van der Waals surface area (Å²) in [5.41, 5.74) is 1.41. The Balaban J connectivity index is 1.16. The first kappa shape index (κ1) is 17.6. The molecule has 8 nitrogen and oxygen atoms in total. The number of halogens is 1. The Morgan fingerprint density at radius 3 is 2.83 bits per heavy atom. The molecule has 6 rings (SSSR count). The molecule has 0 amide bonds. The van der Waals surface area contributed by atoms with Crippen molar-refractivity contribution in [2.45, 2.75) is 12.5 Å². The van der Waals surface area contributed by atoms with Gasteiger partial charge in [-0.2, -0.15) is 4.98 Å². The van der Waals surface area contributed by atoms with Gasteiger partial charge < -0.3 is 9.42 Å². The number of aromatic nitrogens is 5. The van der Waals surface area contributed by atoms with Crippen molar-refractivity contribution in [3.63, 3.8) is 0 Å². The van der Waals surface area contributed by atoms with Crippen LogP contribution in [0.25, 0.3) is 11.0 Å². The van der Waals surface area contributed by atoms with Gasteiger partial charge in [-0.1, -0.05) is 22.8 Å². The van der Waals surface area contributed by atoms with E-state index >= 15 is 0 Å². The molecule has 150 valence electrons. The molecule has 1 aromatic carbocycles. The van der Waals surface area contributed by atoms with E-state index in [0.29, 0.717) is 34.7 Å². The van der Waals surface area contributed by atoms with Crippen molar-refractivity contribution in [2.75, 3.05) is 18.0 Å². The van der Waals surface area contributed by atoms with Crippen molar-refractivity contribution < 1.29 is 4.52 Å². The summed E-state index contributed by atoms with van der Waals surface area (Å²) in [6, 6.07) is 11.4. The summed E-state index contributed by atoms with van der Waals surface area (Å²) in [4.78, 5) is 27.9. The van der Waals surface area contributed by atoms with Crippen molar-refractivity contribution in [2.24, 2.45) is 11.8 Å². The lowest BCUT2D eigenvalue weighted by atomic mass is 10.2. The van der Waals surface area contributed by atoms with E-state index in [-0.39, 0.29) is 12.1 Å².